The Morgan fingerprint density at radius 2 is 1.21 bits per heavy atom. The second kappa shape index (κ2) is 19.9. The van der Waals surface area contributed by atoms with Crippen molar-refractivity contribution in [2.75, 3.05) is 39.4 Å². The van der Waals surface area contributed by atoms with Crippen molar-refractivity contribution in [1.82, 2.24) is 9.80 Å². The molecule has 2 aromatic rings. The minimum absolute atomic E-state index is 0.122. The van der Waals surface area contributed by atoms with Crippen molar-refractivity contribution in [3.8, 4) is 0 Å². The van der Waals surface area contributed by atoms with Gasteiger partial charge >= 0.3 is 6.09 Å². The molecule has 1 amide bonds. The third-order valence-electron chi connectivity index (χ3n) is 9.24. The van der Waals surface area contributed by atoms with E-state index in [0.29, 0.717) is 37.1 Å². The maximum Gasteiger partial charge on any atom is 0.410 e. The molecule has 3 fully saturated rings. The van der Waals surface area contributed by atoms with Gasteiger partial charge in [-0.1, -0.05) is 60.7 Å². The van der Waals surface area contributed by atoms with Gasteiger partial charge in [-0.2, -0.15) is 0 Å². The lowest BCUT2D eigenvalue weighted by atomic mass is 9.96. The Bertz CT molecular complexity index is 1300. The first kappa shape index (κ1) is 42.5. The molecule has 0 radical (unpaired) electrons. The van der Waals surface area contributed by atoms with Crippen molar-refractivity contribution in [2.45, 2.75) is 107 Å². The van der Waals surface area contributed by atoms with Crippen LogP contribution in [0.25, 0.3) is 0 Å². The van der Waals surface area contributed by atoms with Crippen LogP contribution in [0.2, 0.25) is 0 Å². The lowest BCUT2D eigenvalue weighted by molar-refractivity contribution is -0.285. The van der Waals surface area contributed by atoms with Gasteiger partial charge in [0.15, 0.2) is 12.6 Å². The second-order valence-corrected chi connectivity index (χ2v) is 14.4. The maximum absolute atomic E-state index is 12.7. The average Bonchev–Trinajstić information content (AvgIpc) is 3.14. The summed E-state index contributed by atoms with van der Waals surface area (Å²) in [6, 6.07) is 17.8. The summed E-state index contributed by atoms with van der Waals surface area (Å²) in [6.07, 6.45) is -12.1. The smallest absolute Gasteiger partial charge is 0.410 e. The lowest BCUT2D eigenvalue weighted by Crippen LogP contribution is -2.58. The van der Waals surface area contributed by atoms with Crippen LogP contribution >= 0.6 is 0 Å². The molecule has 2 unspecified atom stereocenters. The van der Waals surface area contributed by atoms with Gasteiger partial charge in [0.05, 0.1) is 25.4 Å². The quantitative estimate of drug-likeness (QED) is 0.158. The largest absolute Gasteiger partial charge is 0.483 e. The second-order valence-electron chi connectivity index (χ2n) is 14.4. The topological polar surface area (TPSA) is 228 Å². The molecule has 0 saturated carbocycles. The van der Waals surface area contributed by atoms with Crippen LogP contribution < -0.4 is 0 Å². The number of aliphatic hydroxyl groups excluding tert-OH is 6. The van der Waals surface area contributed by atoms with E-state index < -0.39 is 73.1 Å². The molecule has 3 heterocycles. The molecular weight excluding hydrogens is 696 g/mol. The number of rotatable bonds is 11. The molecule has 0 aliphatic carbocycles. The van der Waals surface area contributed by atoms with Crippen LogP contribution in [0.1, 0.15) is 57.3 Å². The number of ether oxygens (including phenoxy) is 5. The van der Waals surface area contributed by atoms with E-state index in [0.717, 1.165) is 0 Å². The van der Waals surface area contributed by atoms with Gasteiger partial charge in [-0.25, -0.2) is 4.79 Å². The molecule has 3 aliphatic rings. The lowest BCUT2D eigenvalue weighted by Gasteiger charge is -2.43. The fourth-order valence-corrected chi connectivity index (χ4v) is 6.54. The van der Waals surface area contributed by atoms with Gasteiger partial charge in [-0.05, 0) is 33.6 Å². The summed E-state index contributed by atoms with van der Waals surface area (Å²) in [7, 11) is 0. The molecule has 2 aromatic carbocycles. The summed E-state index contributed by atoms with van der Waals surface area (Å²) in [5.41, 5.74) is 0.717. The van der Waals surface area contributed by atoms with E-state index in [4.69, 9.17) is 33.6 Å². The van der Waals surface area contributed by atoms with Crippen molar-refractivity contribution >= 4 is 12.6 Å². The third kappa shape index (κ3) is 12.1. The molecule has 296 valence electrons. The number of aliphatic hydroxyl groups is 6. The molecule has 16 nitrogen and oxygen atoms in total. The first-order valence-electron chi connectivity index (χ1n) is 17.7. The molecule has 3 saturated heterocycles. The summed E-state index contributed by atoms with van der Waals surface area (Å²) in [4.78, 5) is 24.4. The predicted molar refractivity (Wildman–Crippen MR) is 187 cm³/mol. The van der Waals surface area contributed by atoms with Crippen LogP contribution in [0.15, 0.2) is 60.7 Å². The number of benzene rings is 2. The molecule has 0 aromatic heterocycles. The van der Waals surface area contributed by atoms with Gasteiger partial charge in [0, 0.05) is 43.3 Å². The fourth-order valence-electron chi connectivity index (χ4n) is 6.54. The Labute approximate surface area is 309 Å². The van der Waals surface area contributed by atoms with Crippen LogP contribution in [0.3, 0.4) is 0 Å². The number of carboxylic acid groups (broad SMARTS) is 1. The van der Waals surface area contributed by atoms with Crippen molar-refractivity contribution in [2.24, 2.45) is 0 Å². The van der Waals surface area contributed by atoms with E-state index in [1.165, 1.54) is 0 Å². The molecule has 16 heteroatoms. The Hall–Kier alpha value is -3.26. The summed E-state index contributed by atoms with van der Waals surface area (Å²) in [5, 5.41) is 73.6. The van der Waals surface area contributed by atoms with E-state index in [2.05, 4.69) is 0 Å². The molecule has 10 atom stereocenters. The number of likely N-dealkylation sites (tertiary alicyclic amines) is 1. The number of piperidine rings is 1. The minimum Gasteiger partial charge on any atom is -0.483 e. The van der Waals surface area contributed by atoms with Crippen LogP contribution in [0.5, 0.6) is 0 Å². The van der Waals surface area contributed by atoms with Crippen LogP contribution in [0, 0.1) is 0 Å². The average molecular weight is 751 g/mol. The SMILES string of the molecule is CC(C)(C)OC(=O)N1CCC(N(C[C@H](O)[C@@H](O)[C@@H]2OC(c3ccccc3)OC[C@H]2O)C[C@H](O)[C@@H](O)[C@@H]2OC(c3ccccc3)OC[C@H]2O)CC1.O=CO. The van der Waals surface area contributed by atoms with Crippen molar-refractivity contribution < 1.29 is 69.0 Å². The number of hydrogen-bond acceptors (Lipinski definition) is 14. The van der Waals surface area contributed by atoms with Gasteiger partial charge in [-0.15, -0.1) is 0 Å². The monoisotopic (exact) mass is 750 g/mol. The summed E-state index contributed by atoms with van der Waals surface area (Å²) < 4.78 is 28.7. The predicted octanol–water partition coefficient (Wildman–Crippen LogP) is 0.783. The highest BCUT2D eigenvalue weighted by molar-refractivity contribution is 5.68. The zero-order valence-electron chi connectivity index (χ0n) is 30.2. The molecular formula is C37H54N2O14. The summed E-state index contributed by atoms with van der Waals surface area (Å²) in [6.45, 7) is 5.23. The molecule has 7 N–H and O–H groups in total. The van der Waals surface area contributed by atoms with Gasteiger partial charge in [0.2, 0.25) is 0 Å². The Morgan fingerprint density at radius 3 is 1.58 bits per heavy atom. The van der Waals surface area contributed by atoms with E-state index in [1.54, 1.807) is 54.8 Å². The standard InChI is InChI=1S/C36H52N2O12.CH2O2/c1-36(2,3)50-35(45)37-16-14-24(15-17-37)38(18-25(39)29(43)31-27(41)20-46-33(48-31)22-10-6-4-7-11-22)19-26(40)30(44)32-28(42)21-47-34(49-32)23-12-8-5-9-13-23;2-1-3/h4-13,24-34,39-44H,14-21H2,1-3H3;1H,(H,2,3)/t25-,26-,27+,28+,29+,30+,31+,32+,33?,34?;/m0./s1. The zero-order valence-corrected chi connectivity index (χ0v) is 30.2. The van der Waals surface area contributed by atoms with E-state index in [1.807, 2.05) is 36.4 Å². The number of hydrogen-bond donors (Lipinski definition) is 7. The normalized spacial score (nSPS) is 27.8. The van der Waals surface area contributed by atoms with Crippen LogP contribution in [0.4, 0.5) is 4.79 Å². The Kier molecular flexibility index (Phi) is 15.9. The van der Waals surface area contributed by atoms with Gasteiger partial charge in [0.1, 0.15) is 42.2 Å². The first-order chi connectivity index (χ1) is 25.2. The van der Waals surface area contributed by atoms with Crippen LogP contribution in [-0.4, -0.2) is 158 Å². The van der Waals surface area contributed by atoms with Gasteiger partial charge < -0.3 is 64.3 Å². The Morgan fingerprint density at radius 1 is 0.811 bits per heavy atom. The van der Waals surface area contributed by atoms with Gasteiger partial charge in [-0.3, -0.25) is 9.69 Å². The molecule has 0 spiro atoms. The molecule has 3 aliphatic heterocycles. The number of carbonyl (C=O) groups is 2. The minimum atomic E-state index is -1.54. The summed E-state index contributed by atoms with van der Waals surface area (Å²) >= 11 is 0. The molecule has 5 rings (SSSR count). The number of nitrogens with zero attached hydrogens (tertiary/aromatic N) is 2. The van der Waals surface area contributed by atoms with Crippen molar-refractivity contribution in [1.29, 1.82) is 0 Å². The van der Waals surface area contributed by atoms with Crippen molar-refractivity contribution in [3.05, 3.63) is 71.8 Å². The molecule has 0 bridgehead atoms. The fraction of sp³-hybridized carbons (Fsp3) is 0.622. The highest BCUT2D eigenvalue weighted by Crippen LogP contribution is 2.31. The van der Waals surface area contributed by atoms with E-state index in [9.17, 15) is 35.4 Å². The van der Waals surface area contributed by atoms with Crippen molar-refractivity contribution in [3.63, 3.8) is 0 Å². The zero-order chi connectivity index (χ0) is 38.7. The molecule has 53 heavy (non-hydrogen) atoms. The number of amides is 1. The Balaban J connectivity index is 0.00000202. The van der Waals surface area contributed by atoms with Crippen LogP contribution in [-0.2, 0) is 28.5 Å². The highest BCUT2D eigenvalue weighted by Gasteiger charge is 2.43. The highest BCUT2D eigenvalue weighted by atomic mass is 16.7. The third-order valence-corrected chi connectivity index (χ3v) is 9.24. The summed E-state index contributed by atoms with van der Waals surface area (Å²) in [5.74, 6) is 0. The maximum atomic E-state index is 12.7. The first-order valence-corrected chi connectivity index (χ1v) is 17.7. The van der Waals surface area contributed by atoms with E-state index in [-0.39, 0.29) is 38.8 Å². The van der Waals surface area contributed by atoms with E-state index >= 15 is 0 Å². The van der Waals surface area contributed by atoms with Gasteiger partial charge in [0.25, 0.3) is 6.47 Å². The number of carbonyl (C=O) groups excluding carboxylic acids is 1.